The Labute approximate surface area is 243 Å². The fourth-order valence-corrected chi connectivity index (χ4v) is 4.48. The summed E-state index contributed by atoms with van der Waals surface area (Å²) in [5.74, 6) is -0.243. The molecular weight excluding hydrogens is 555 g/mol. The standard InChI is InChI=1S/C31H27Cl3N2O3/c32-25-14-10-23(11-15-25)19-35-31(38)28(18-22-6-2-1-3-7-22)36(20-24-12-16-26(33)17-13-24)30(37)21-39-29-9-5-4-8-27(29)34/h1-17,28H,18-21H2,(H,35,38)/t28-/m1/s1. The molecule has 1 atom stereocenters. The molecule has 0 saturated heterocycles. The molecule has 0 saturated carbocycles. The van der Waals surface area contributed by atoms with E-state index in [9.17, 15) is 9.59 Å². The van der Waals surface area contributed by atoms with E-state index in [2.05, 4.69) is 5.32 Å². The first-order valence-electron chi connectivity index (χ1n) is 12.4. The Morgan fingerprint density at radius 3 is 1.95 bits per heavy atom. The number of halogens is 3. The second kappa shape index (κ2) is 14.0. The first-order valence-corrected chi connectivity index (χ1v) is 13.5. The van der Waals surface area contributed by atoms with Gasteiger partial charge in [0.2, 0.25) is 5.91 Å². The van der Waals surface area contributed by atoms with Crippen LogP contribution in [0, 0.1) is 0 Å². The van der Waals surface area contributed by atoms with E-state index in [0.29, 0.717) is 33.8 Å². The van der Waals surface area contributed by atoms with Crippen molar-refractivity contribution in [2.75, 3.05) is 6.61 Å². The molecule has 0 aromatic heterocycles. The topological polar surface area (TPSA) is 58.6 Å². The fourth-order valence-electron chi connectivity index (χ4n) is 4.03. The van der Waals surface area contributed by atoms with Crippen LogP contribution in [0.4, 0.5) is 0 Å². The largest absolute Gasteiger partial charge is 0.482 e. The molecule has 0 bridgehead atoms. The highest BCUT2D eigenvalue weighted by molar-refractivity contribution is 6.32. The highest BCUT2D eigenvalue weighted by atomic mass is 35.5. The lowest BCUT2D eigenvalue weighted by Crippen LogP contribution is -2.51. The molecule has 0 unspecified atom stereocenters. The zero-order valence-electron chi connectivity index (χ0n) is 21.0. The fraction of sp³-hybridized carbons (Fsp3) is 0.161. The van der Waals surface area contributed by atoms with Crippen LogP contribution in [0.25, 0.3) is 0 Å². The lowest BCUT2D eigenvalue weighted by molar-refractivity contribution is -0.142. The number of nitrogens with zero attached hydrogens (tertiary/aromatic N) is 1. The van der Waals surface area contributed by atoms with E-state index in [0.717, 1.165) is 16.7 Å². The van der Waals surface area contributed by atoms with Gasteiger partial charge in [0.05, 0.1) is 5.02 Å². The lowest BCUT2D eigenvalue weighted by Gasteiger charge is -2.31. The van der Waals surface area contributed by atoms with Crippen molar-refractivity contribution < 1.29 is 14.3 Å². The van der Waals surface area contributed by atoms with Crippen LogP contribution >= 0.6 is 34.8 Å². The van der Waals surface area contributed by atoms with Crippen molar-refractivity contribution in [3.05, 3.63) is 135 Å². The molecule has 200 valence electrons. The highest BCUT2D eigenvalue weighted by Crippen LogP contribution is 2.24. The number of nitrogens with one attached hydrogen (secondary N) is 1. The molecule has 4 aromatic rings. The van der Waals surface area contributed by atoms with E-state index in [-0.39, 0.29) is 25.0 Å². The summed E-state index contributed by atoms with van der Waals surface area (Å²) in [7, 11) is 0. The van der Waals surface area contributed by atoms with Crippen LogP contribution < -0.4 is 10.1 Å². The monoisotopic (exact) mass is 580 g/mol. The lowest BCUT2D eigenvalue weighted by atomic mass is 10.0. The molecule has 4 aromatic carbocycles. The number of rotatable bonds is 11. The zero-order valence-corrected chi connectivity index (χ0v) is 23.3. The first-order chi connectivity index (χ1) is 18.9. The average molecular weight is 582 g/mol. The van der Waals surface area contributed by atoms with Crippen LogP contribution in [0.15, 0.2) is 103 Å². The van der Waals surface area contributed by atoms with Crippen LogP contribution in [-0.2, 0) is 29.1 Å². The van der Waals surface area contributed by atoms with Gasteiger partial charge in [-0.2, -0.15) is 0 Å². The molecule has 8 heteroatoms. The van der Waals surface area contributed by atoms with E-state index in [1.54, 1.807) is 53.4 Å². The normalized spacial score (nSPS) is 11.5. The maximum absolute atomic E-state index is 13.7. The quantitative estimate of drug-likeness (QED) is 0.208. The predicted molar refractivity (Wildman–Crippen MR) is 156 cm³/mol. The number of hydrogen-bond donors (Lipinski definition) is 1. The predicted octanol–water partition coefficient (Wildman–Crippen LogP) is 6.98. The Kier molecular flexibility index (Phi) is 10.3. The van der Waals surface area contributed by atoms with Gasteiger partial charge in [0.15, 0.2) is 6.61 Å². The molecule has 0 aliphatic carbocycles. The van der Waals surface area contributed by atoms with Crippen molar-refractivity contribution in [2.24, 2.45) is 0 Å². The van der Waals surface area contributed by atoms with Gasteiger partial charge in [0.1, 0.15) is 11.8 Å². The number of hydrogen-bond acceptors (Lipinski definition) is 3. The van der Waals surface area contributed by atoms with Crippen LogP contribution in [0.2, 0.25) is 15.1 Å². The minimum atomic E-state index is -0.808. The number of benzene rings is 4. The van der Waals surface area contributed by atoms with Crippen molar-refractivity contribution in [2.45, 2.75) is 25.6 Å². The zero-order chi connectivity index (χ0) is 27.6. The van der Waals surface area contributed by atoms with Gasteiger partial charge >= 0.3 is 0 Å². The van der Waals surface area contributed by atoms with Gasteiger partial charge in [0.25, 0.3) is 5.91 Å². The third-order valence-corrected chi connectivity index (χ3v) is 6.92. The molecule has 4 rings (SSSR count). The molecule has 0 aliphatic heterocycles. The van der Waals surface area contributed by atoms with E-state index in [4.69, 9.17) is 39.5 Å². The van der Waals surface area contributed by atoms with Gasteiger partial charge in [0, 0.05) is 29.6 Å². The van der Waals surface area contributed by atoms with Gasteiger partial charge in [-0.1, -0.05) is 102 Å². The van der Waals surface area contributed by atoms with E-state index >= 15 is 0 Å². The summed E-state index contributed by atoms with van der Waals surface area (Å²) < 4.78 is 5.77. The van der Waals surface area contributed by atoms with Crippen molar-refractivity contribution in [1.82, 2.24) is 10.2 Å². The SMILES string of the molecule is O=C(NCc1ccc(Cl)cc1)[C@@H](Cc1ccccc1)N(Cc1ccc(Cl)cc1)C(=O)COc1ccccc1Cl. The van der Waals surface area contributed by atoms with Crippen LogP contribution in [-0.4, -0.2) is 29.4 Å². The first kappa shape index (κ1) is 28.5. The molecule has 0 heterocycles. The Hall–Kier alpha value is -3.51. The van der Waals surface area contributed by atoms with Crippen molar-refractivity contribution in [3.63, 3.8) is 0 Å². The Balaban J connectivity index is 1.61. The Morgan fingerprint density at radius 2 is 1.31 bits per heavy atom. The van der Waals surface area contributed by atoms with Crippen LogP contribution in [0.3, 0.4) is 0 Å². The van der Waals surface area contributed by atoms with Crippen molar-refractivity contribution in [1.29, 1.82) is 0 Å². The molecule has 2 amide bonds. The molecule has 0 spiro atoms. The third-order valence-electron chi connectivity index (χ3n) is 6.11. The van der Waals surface area contributed by atoms with Gasteiger partial charge < -0.3 is 15.0 Å². The van der Waals surface area contributed by atoms with Crippen molar-refractivity contribution in [3.8, 4) is 5.75 Å². The molecule has 39 heavy (non-hydrogen) atoms. The second-order valence-electron chi connectivity index (χ2n) is 8.92. The van der Waals surface area contributed by atoms with Crippen LogP contribution in [0.5, 0.6) is 5.75 Å². The second-order valence-corrected chi connectivity index (χ2v) is 10.2. The van der Waals surface area contributed by atoms with E-state index < -0.39 is 6.04 Å². The highest BCUT2D eigenvalue weighted by Gasteiger charge is 2.30. The van der Waals surface area contributed by atoms with Crippen LogP contribution in [0.1, 0.15) is 16.7 Å². The van der Waals surface area contributed by atoms with Gasteiger partial charge in [-0.3, -0.25) is 9.59 Å². The summed E-state index contributed by atoms with van der Waals surface area (Å²) in [6.07, 6.45) is 0.318. The van der Waals surface area contributed by atoms with Gasteiger partial charge in [-0.05, 0) is 53.1 Å². The summed E-state index contributed by atoms with van der Waals surface area (Å²) in [5, 5.41) is 4.59. The minimum absolute atomic E-state index is 0.188. The molecule has 1 N–H and O–H groups in total. The number of ether oxygens (including phenoxy) is 1. The Morgan fingerprint density at radius 1 is 0.718 bits per heavy atom. The summed E-state index contributed by atoms with van der Waals surface area (Å²) in [5.41, 5.74) is 2.64. The van der Waals surface area contributed by atoms with Gasteiger partial charge in [-0.25, -0.2) is 0 Å². The number of carbonyl (C=O) groups excluding carboxylic acids is 2. The summed E-state index contributed by atoms with van der Waals surface area (Å²) in [4.78, 5) is 28.9. The minimum Gasteiger partial charge on any atom is -0.482 e. The average Bonchev–Trinajstić information content (AvgIpc) is 2.95. The molecule has 0 fully saturated rings. The molecular formula is C31H27Cl3N2O3. The molecule has 0 radical (unpaired) electrons. The number of para-hydroxylation sites is 1. The van der Waals surface area contributed by atoms with E-state index in [1.165, 1.54) is 0 Å². The maximum atomic E-state index is 13.7. The maximum Gasteiger partial charge on any atom is 0.261 e. The smallest absolute Gasteiger partial charge is 0.261 e. The van der Waals surface area contributed by atoms with E-state index in [1.807, 2.05) is 54.6 Å². The molecule has 0 aliphatic rings. The Bertz CT molecular complexity index is 1380. The number of amides is 2. The van der Waals surface area contributed by atoms with Gasteiger partial charge in [-0.15, -0.1) is 0 Å². The van der Waals surface area contributed by atoms with Crippen molar-refractivity contribution >= 4 is 46.6 Å². The third kappa shape index (κ3) is 8.49. The molecule has 5 nitrogen and oxygen atoms in total. The summed E-state index contributed by atoms with van der Waals surface area (Å²) in [6, 6.07) is 30.2. The summed E-state index contributed by atoms with van der Waals surface area (Å²) in [6.45, 7) is 0.196. The number of carbonyl (C=O) groups is 2. The summed E-state index contributed by atoms with van der Waals surface area (Å²) >= 11 is 18.3.